The SMILES string of the molecule is COC1CC(CNC(=O)c2cc(OCC3CCCN3c3ncnc4nc[nH]c34)c3ccccc3n2)C1. The largest absolute Gasteiger partial charge is 0.491 e. The van der Waals surface area contributed by atoms with E-state index in [4.69, 9.17) is 9.47 Å². The lowest BCUT2D eigenvalue weighted by atomic mass is 9.82. The Kier molecular flexibility index (Phi) is 6.10. The number of hydrogen-bond acceptors (Lipinski definition) is 8. The maximum atomic E-state index is 12.9. The predicted molar refractivity (Wildman–Crippen MR) is 135 cm³/mol. The Bertz CT molecular complexity index is 1380. The maximum absolute atomic E-state index is 12.9. The number of nitrogens with zero attached hydrogens (tertiary/aromatic N) is 5. The van der Waals surface area contributed by atoms with Crippen LogP contribution in [0.2, 0.25) is 0 Å². The van der Waals surface area contributed by atoms with Gasteiger partial charge in [0.2, 0.25) is 0 Å². The molecule has 2 fully saturated rings. The molecule has 10 heteroatoms. The number of aromatic nitrogens is 5. The van der Waals surface area contributed by atoms with E-state index < -0.39 is 0 Å². The molecule has 0 spiro atoms. The highest BCUT2D eigenvalue weighted by molar-refractivity contribution is 5.97. The summed E-state index contributed by atoms with van der Waals surface area (Å²) in [6, 6.07) is 9.66. The Hall–Kier alpha value is -3.79. The van der Waals surface area contributed by atoms with Crippen LogP contribution in [0.4, 0.5) is 5.82 Å². The summed E-state index contributed by atoms with van der Waals surface area (Å²) in [7, 11) is 1.73. The Labute approximate surface area is 208 Å². The standard InChI is InChI=1S/C26H29N7O3/c1-35-18-9-16(10-18)12-27-26(34)21-11-22(19-6-2-3-7-20(19)32-21)36-13-17-5-4-8-33(17)25-23-24(29-14-28-23)30-15-31-25/h2-3,6-7,11,14-18H,4-5,8-10,12-13H2,1H3,(H,27,34)(H,28,29,30,31). The number of amides is 1. The Morgan fingerprint density at radius 3 is 3.00 bits per heavy atom. The first kappa shape index (κ1) is 22.7. The summed E-state index contributed by atoms with van der Waals surface area (Å²) in [4.78, 5) is 36.0. The van der Waals surface area contributed by atoms with Crippen LogP contribution in [-0.4, -0.2) is 69.8 Å². The van der Waals surface area contributed by atoms with Crippen LogP contribution in [0.1, 0.15) is 36.2 Å². The van der Waals surface area contributed by atoms with E-state index in [1.54, 1.807) is 25.8 Å². The molecule has 1 unspecified atom stereocenters. The van der Waals surface area contributed by atoms with E-state index in [2.05, 4.69) is 35.1 Å². The van der Waals surface area contributed by atoms with E-state index in [0.29, 0.717) is 42.3 Å². The third kappa shape index (κ3) is 4.32. The number of aromatic amines is 1. The van der Waals surface area contributed by atoms with Gasteiger partial charge in [0.05, 0.1) is 24.0 Å². The number of para-hydroxylation sites is 1. The number of rotatable bonds is 8. The van der Waals surface area contributed by atoms with Gasteiger partial charge in [-0.25, -0.2) is 19.9 Å². The number of nitrogens with one attached hydrogen (secondary N) is 2. The molecule has 0 bridgehead atoms. The predicted octanol–water partition coefficient (Wildman–Crippen LogP) is 3.10. The zero-order valence-corrected chi connectivity index (χ0v) is 20.2. The number of pyridine rings is 1. The minimum Gasteiger partial charge on any atom is -0.491 e. The first-order valence-electron chi connectivity index (χ1n) is 12.4. The lowest BCUT2D eigenvalue weighted by Gasteiger charge is -2.34. The number of carbonyl (C=O) groups is 1. The Morgan fingerprint density at radius 1 is 1.22 bits per heavy atom. The molecule has 4 heterocycles. The molecule has 10 nitrogen and oxygen atoms in total. The summed E-state index contributed by atoms with van der Waals surface area (Å²) in [5.41, 5.74) is 2.59. The quantitative estimate of drug-likeness (QED) is 0.389. The number of hydrogen-bond donors (Lipinski definition) is 2. The number of fused-ring (bicyclic) bond motifs is 2. The van der Waals surface area contributed by atoms with Gasteiger partial charge in [0.15, 0.2) is 11.5 Å². The van der Waals surface area contributed by atoms with Gasteiger partial charge in [-0.1, -0.05) is 12.1 Å². The van der Waals surface area contributed by atoms with E-state index >= 15 is 0 Å². The summed E-state index contributed by atoms with van der Waals surface area (Å²) < 4.78 is 11.7. The molecule has 1 amide bonds. The second kappa shape index (κ2) is 9.69. The van der Waals surface area contributed by atoms with Gasteiger partial charge in [0, 0.05) is 31.7 Å². The number of methoxy groups -OCH3 is 1. The first-order chi connectivity index (χ1) is 17.7. The number of carbonyl (C=O) groups excluding carboxylic acids is 1. The molecule has 1 atom stereocenters. The van der Waals surface area contributed by atoms with Crippen LogP contribution in [-0.2, 0) is 4.74 Å². The highest BCUT2D eigenvalue weighted by Crippen LogP contribution is 2.31. The highest BCUT2D eigenvalue weighted by atomic mass is 16.5. The minimum atomic E-state index is -0.184. The molecule has 1 aliphatic carbocycles. The van der Waals surface area contributed by atoms with Gasteiger partial charge in [-0.05, 0) is 43.7 Å². The van der Waals surface area contributed by atoms with Crippen molar-refractivity contribution in [3.8, 4) is 5.75 Å². The van der Waals surface area contributed by atoms with E-state index in [0.717, 1.165) is 54.5 Å². The smallest absolute Gasteiger partial charge is 0.270 e. The fourth-order valence-corrected chi connectivity index (χ4v) is 5.18. The molecule has 1 saturated heterocycles. The molecule has 3 aromatic heterocycles. The van der Waals surface area contributed by atoms with E-state index in [1.807, 2.05) is 24.3 Å². The average Bonchev–Trinajstić information content (AvgIpc) is 3.55. The van der Waals surface area contributed by atoms with Crippen LogP contribution < -0.4 is 15.0 Å². The molecule has 0 radical (unpaired) electrons. The minimum absolute atomic E-state index is 0.142. The molecule has 2 N–H and O–H groups in total. The fraction of sp³-hybridized carbons (Fsp3) is 0.423. The average molecular weight is 488 g/mol. The fourth-order valence-electron chi connectivity index (χ4n) is 5.18. The van der Waals surface area contributed by atoms with Crippen molar-refractivity contribution in [1.82, 2.24) is 30.2 Å². The normalized spacial score (nSPS) is 21.6. The second-order valence-electron chi connectivity index (χ2n) is 9.53. The van der Waals surface area contributed by atoms with Crippen molar-refractivity contribution in [2.75, 3.05) is 31.7 Å². The summed E-state index contributed by atoms with van der Waals surface area (Å²) in [5.74, 6) is 1.77. The Morgan fingerprint density at radius 2 is 2.11 bits per heavy atom. The van der Waals surface area contributed by atoms with Gasteiger partial charge in [-0.2, -0.15) is 0 Å². The van der Waals surface area contributed by atoms with Gasteiger partial charge in [0.25, 0.3) is 5.91 Å². The summed E-state index contributed by atoms with van der Waals surface area (Å²) >= 11 is 0. The molecule has 1 saturated carbocycles. The zero-order chi connectivity index (χ0) is 24.5. The Balaban J connectivity index is 1.19. The number of H-pyrrole nitrogens is 1. The van der Waals surface area contributed by atoms with Crippen molar-refractivity contribution in [2.45, 2.75) is 37.8 Å². The van der Waals surface area contributed by atoms with Crippen LogP contribution in [0.25, 0.3) is 22.1 Å². The lowest BCUT2D eigenvalue weighted by Crippen LogP contribution is -2.39. The van der Waals surface area contributed by atoms with E-state index in [1.165, 1.54) is 0 Å². The summed E-state index contributed by atoms with van der Waals surface area (Å²) in [5, 5.41) is 3.92. The second-order valence-corrected chi connectivity index (χ2v) is 9.53. The zero-order valence-electron chi connectivity index (χ0n) is 20.2. The van der Waals surface area contributed by atoms with E-state index in [-0.39, 0.29) is 11.9 Å². The van der Waals surface area contributed by atoms with Crippen molar-refractivity contribution in [3.63, 3.8) is 0 Å². The van der Waals surface area contributed by atoms with Crippen molar-refractivity contribution in [2.24, 2.45) is 5.92 Å². The molecule has 1 aromatic carbocycles. The number of imidazole rings is 1. The van der Waals surface area contributed by atoms with Crippen molar-refractivity contribution in [3.05, 3.63) is 48.7 Å². The molecule has 2 aliphatic rings. The molecule has 6 rings (SSSR count). The van der Waals surface area contributed by atoms with Gasteiger partial charge in [0.1, 0.15) is 29.9 Å². The van der Waals surface area contributed by atoms with Crippen LogP contribution in [0.15, 0.2) is 43.0 Å². The summed E-state index contributed by atoms with van der Waals surface area (Å²) in [6.45, 7) is 1.98. The van der Waals surface area contributed by atoms with Gasteiger partial charge >= 0.3 is 0 Å². The van der Waals surface area contributed by atoms with Crippen molar-refractivity contribution in [1.29, 1.82) is 0 Å². The van der Waals surface area contributed by atoms with Crippen molar-refractivity contribution >= 4 is 33.8 Å². The van der Waals surface area contributed by atoms with Gasteiger partial charge < -0.3 is 24.7 Å². The van der Waals surface area contributed by atoms with Crippen LogP contribution in [0, 0.1) is 5.92 Å². The molecule has 186 valence electrons. The van der Waals surface area contributed by atoms with Crippen LogP contribution >= 0.6 is 0 Å². The lowest BCUT2D eigenvalue weighted by molar-refractivity contribution is 0.00178. The van der Waals surface area contributed by atoms with Gasteiger partial charge in [-0.15, -0.1) is 0 Å². The molecular formula is C26H29N7O3. The topological polar surface area (TPSA) is 118 Å². The molecular weight excluding hydrogens is 458 g/mol. The highest BCUT2D eigenvalue weighted by Gasteiger charge is 2.30. The molecule has 36 heavy (non-hydrogen) atoms. The maximum Gasteiger partial charge on any atom is 0.270 e. The van der Waals surface area contributed by atoms with Crippen LogP contribution in [0.3, 0.4) is 0 Å². The summed E-state index contributed by atoms with van der Waals surface area (Å²) in [6.07, 6.45) is 7.49. The number of ether oxygens (including phenoxy) is 2. The van der Waals surface area contributed by atoms with Crippen LogP contribution in [0.5, 0.6) is 5.75 Å². The monoisotopic (exact) mass is 487 g/mol. The third-order valence-electron chi connectivity index (χ3n) is 7.27. The number of anilines is 1. The van der Waals surface area contributed by atoms with Crippen molar-refractivity contribution < 1.29 is 14.3 Å². The third-order valence-corrected chi connectivity index (χ3v) is 7.27. The molecule has 4 aromatic rings. The molecule has 1 aliphatic heterocycles. The van der Waals surface area contributed by atoms with Gasteiger partial charge in [-0.3, -0.25) is 4.79 Å². The number of benzene rings is 1. The van der Waals surface area contributed by atoms with E-state index in [9.17, 15) is 4.79 Å². The first-order valence-corrected chi connectivity index (χ1v) is 12.4.